The molecule has 0 heterocycles. The number of hydrogen-bond acceptors (Lipinski definition) is 3. The smallest absolute Gasteiger partial charge is 0.325 e. The molecule has 0 unspecified atom stereocenters. The minimum atomic E-state index is -0.275. The number of carbonyl (C=O) groups excluding carboxylic acids is 1. The van der Waals surface area contributed by atoms with Gasteiger partial charge >= 0.3 is 5.97 Å². The van der Waals surface area contributed by atoms with E-state index in [4.69, 9.17) is 0 Å². The number of methoxy groups -OCH3 is 1. The minimum Gasteiger partial charge on any atom is -0.468 e. The largest absolute Gasteiger partial charge is 0.468 e. The molecular formula is C11H13NO2. The van der Waals surface area contributed by atoms with Crippen molar-refractivity contribution in [3.05, 3.63) is 42.1 Å². The summed E-state index contributed by atoms with van der Waals surface area (Å²) in [5.74, 6) is -0.275. The van der Waals surface area contributed by atoms with Gasteiger partial charge in [0.15, 0.2) is 0 Å². The Bertz CT molecular complexity index is 306. The molecule has 0 saturated carbocycles. The number of carbonyl (C=O) groups is 1. The molecule has 74 valence electrons. The number of hydrogen-bond donors (Lipinski definition) is 1. The van der Waals surface area contributed by atoms with Crippen LogP contribution in [-0.4, -0.2) is 19.6 Å². The van der Waals surface area contributed by atoms with E-state index < -0.39 is 0 Å². The molecule has 0 aliphatic rings. The second-order valence-corrected chi connectivity index (χ2v) is 2.70. The number of rotatable bonds is 4. The van der Waals surface area contributed by atoms with Gasteiger partial charge in [0.25, 0.3) is 0 Å². The van der Waals surface area contributed by atoms with Crippen LogP contribution in [0.1, 0.15) is 5.56 Å². The zero-order valence-corrected chi connectivity index (χ0v) is 8.07. The van der Waals surface area contributed by atoms with Gasteiger partial charge in [0.05, 0.1) is 7.11 Å². The van der Waals surface area contributed by atoms with E-state index in [1.54, 1.807) is 6.20 Å². The van der Waals surface area contributed by atoms with Gasteiger partial charge in [-0.3, -0.25) is 4.79 Å². The van der Waals surface area contributed by atoms with Gasteiger partial charge in [0, 0.05) is 0 Å². The Balaban J connectivity index is 2.31. The molecule has 1 N–H and O–H groups in total. The van der Waals surface area contributed by atoms with Crippen LogP contribution in [-0.2, 0) is 9.53 Å². The van der Waals surface area contributed by atoms with Crippen LogP contribution < -0.4 is 5.32 Å². The first kappa shape index (κ1) is 10.3. The second kappa shape index (κ2) is 5.80. The van der Waals surface area contributed by atoms with Crippen molar-refractivity contribution in [1.82, 2.24) is 5.32 Å². The molecule has 1 rings (SSSR count). The average Bonchev–Trinajstić information content (AvgIpc) is 2.25. The van der Waals surface area contributed by atoms with Gasteiger partial charge in [-0.15, -0.1) is 0 Å². The normalized spacial score (nSPS) is 10.1. The van der Waals surface area contributed by atoms with E-state index in [1.807, 2.05) is 36.4 Å². The first-order valence-corrected chi connectivity index (χ1v) is 4.34. The molecule has 0 spiro atoms. The van der Waals surface area contributed by atoms with Crippen molar-refractivity contribution in [1.29, 1.82) is 0 Å². The lowest BCUT2D eigenvalue weighted by atomic mass is 10.2. The summed E-state index contributed by atoms with van der Waals surface area (Å²) in [7, 11) is 1.37. The Kier molecular flexibility index (Phi) is 4.27. The quantitative estimate of drug-likeness (QED) is 0.731. The van der Waals surface area contributed by atoms with Crippen molar-refractivity contribution in [2.75, 3.05) is 13.7 Å². The van der Waals surface area contributed by atoms with E-state index in [1.165, 1.54) is 7.11 Å². The van der Waals surface area contributed by atoms with Crippen LogP contribution in [0, 0.1) is 0 Å². The summed E-state index contributed by atoms with van der Waals surface area (Å²) in [4.78, 5) is 10.7. The SMILES string of the molecule is COC(=O)CNC=Cc1ccccc1. The van der Waals surface area contributed by atoms with Gasteiger partial charge in [0.2, 0.25) is 0 Å². The van der Waals surface area contributed by atoms with E-state index in [2.05, 4.69) is 10.1 Å². The summed E-state index contributed by atoms with van der Waals surface area (Å²) in [5.41, 5.74) is 1.09. The standard InChI is InChI=1S/C11H13NO2/c1-14-11(13)9-12-8-7-10-5-3-2-4-6-10/h2-8,12H,9H2,1H3. The maximum absolute atomic E-state index is 10.7. The lowest BCUT2D eigenvalue weighted by Gasteiger charge is -1.97. The molecule has 3 heteroatoms. The third-order valence-corrected chi connectivity index (χ3v) is 1.67. The van der Waals surface area contributed by atoms with Crippen LogP contribution in [0.3, 0.4) is 0 Å². The van der Waals surface area contributed by atoms with Crippen molar-refractivity contribution in [3.8, 4) is 0 Å². The molecule has 3 nitrogen and oxygen atoms in total. The summed E-state index contributed by atoms with van der Waals surface area (Å²) < 4.78 is 4.47. The molecule has 0 fully saturated rings. The van der Waals surface area contributed by atoms with Gasteiger partial charge in [-0.1, -0.05) is 30.3 Å². The molecular weight excluding hydrogens is 178 g/mol. The zero-order valence-electron chi connectivity index (χ0n) is 8.07. The highest BCUT2D eigenvalue weighted by Crippen LogP contribution is 1.99. The van der Waals surface area contributed by atoms with Crippen LogP contribution in [0.5, 0.6) is 0 Å². The third-order valence-electron chi connectivity index (χ3n) is 1.67. The Morgan fingerprint density at radius 3 is 2.79 bits per heavy atom. The van der Waals surface area contributed by atoms with E-state index in [0.29, 0.717) is 0 Å². The number of benzene rings is 1. The highest BCUT2D eigenvalue weighted by atomic mass is 16.5. The highest BCUT2D eigenvalue weighted by molar-refractivity contribution is 5.71. The lowest BCUT2D eigenvalue weighted by molar-refractivity contribution is -0.139. The van der Waals surface area contributed by atoms with Gasteiger partial charge < -0.3 is 10.1 Å². The van der Waals surface area contributed by atoms with Crippen molar-refractivity contribution >= 4 is 12.0 Å². The molecule has 0 aliphatic heterocycles. The topological polar surface area (TPSA) is 38.3 Å². The predicted molar refractivity (Wildman–Crippen MR) is 55.5 cm³/mol. The average molecular weight is 191 g/mol. The predicted octanol–water partition coefficient (Wildman–Crippen LogP) is 1.42. The van der Waals surface area contributed by atoms with Crippen LogP contribution in [0.25, 0.3) is 6.08 Å². The minimum absolute atomic E-state index is 0.194. The molecule has 0 bridgehead atoms. The van der Waals surface area contributed by atoms with Crippen molar-refractivity contribution in [3.63, 3.8) is 0 Å². The fourth-order valence-corrected chi connectivity index (χ4v) is 0.934. The summed E-state index contributed by atoms with van der Waals surface area (Å²) in [6.07, 6.45) is 3.62. The summed E-state index contributed by atoms with van der Waals surface area (Å²) in [5, 5.41) is 2.83. The molecule has 1 aromatic rings. The maximum Gasteiger partial charge on any atom is 0.325 e. The third kappa shape index (κ3) is 3.76. The molecule has 0 aromatic heterocycles. The Morgan fingerprint density at radius 2 is 2.14 bits per heavy atom. The molecule has 0 amide bonds. The Morgan fingerprint density at radius 1 is 1.43 bits per heavy atom. The summed E-state index contributed by atoms with van der Waals surface area (Å²) in [6.45, 7) is 0.194. The van der Waals surface area contributed by atoms with Crippen LogP contribution in [0.15, 0.2) is 36.5 Å². The fraction of sp³-hybridized carbons (Fsp3) is 0.182. The summed E-state index contributed by atoms with van der Waals surface area (Å²) in [6, 6.07) is 9.84. The number of nitrogens with one attached hydrogen (secondary N) is 1. The Labute approximate surface area is 83.4 Å². The van der Waals surface area contributed by atoms with Crippen LogP contribution in [0.4, 0.5) is 0 Å². The maximum atomic E-state index is 10.7. The molecule has 0 atom stereocenters. The zero-order chi connectivity index (χ0) is 10.2. The first-order chi connectivity index (χ1) is 6.83. The van der Waals surface area contributed by atoms with Gasteiger partial charge in [0.1, 0.15) is 6.54 Å². The van der Waals surface area contributed by atoms with Crippen molar-refractivity contribution in [2.24, 2.45) is 0 Å². The first-order valence-electron chi connectivity index (χ1n) is 4.34. The fourth-order valence-electron chi connectivity index (χ4n) is 0.934. The molecule has 1 aromatic carbocycles. The Hall–Kier alpha value is -1.77. The summed E-state index contributed by atoms with van der Waals surface area (Å²) >= 11 is 0. The number of ether oxygens (including phenoxy) is 1. The van der Waals surface area contributed by atoms with E-state index in [-0.39, 0.29) is 12.5 Å². The van der Waals surface area contributed by atoms with E-state index in [9.17, 15) is 4.79 Å². The van der Waals surface area contributed by atoms with Crippen LogP contribution >= 0.6 is 0 Å². The molecule has 0 aliphatic carbocycles. The molecule has 14 heavy (non-hydrogen) atoms. The van der Waals surface area contributed by atoms with E-state index in [0.717, 1.165) is 5.56 Å². The molecule has 0 radical (unpaired) electrons. The highest BCUT2D eigenvalue weighted by Gasteiger charge is 1.93. The van der Waals surface area contributed by atoms with Crippen molar-refractivity contribution < 1.29 is 9.53 Å². The number of esters is 1. The van der Waals surface area contributed by atoms with Gasteiger partial charge in [-0.2, -0.15) is 0 Å². The second-order valence-electron chi connectivity index (χ2n) is 2.70. The monoisotopic (exact) mass is 191 g/mol. The van der Waals surface area contributed by atoms with Gasteiger partial charge in [-0.25, -0.2) is 0 Å². The van der Waals surface area contributed by atoms with E-state index >= 15 is 0 Å². The van der Waals surface area contributed by atoms with Crippen molar-refractivity contribution in [2.45, 2.75) is 0 Å². The molecule has 0 saturated heterocycles. The lowest BCUT2D eigenvalue weighted by Crippen LogP contribution is -2.18. The van der Waals surface area contributed by atoms with Gasteiger partial charge in [-0.05, 0) is 17.8 Å². The van der Waals surface area contributed by atoms with Crippen LogP contribution in [0.2, 0.25) is 0 Å².